The number of methoxy groups -OCH3 is 1. The Labute approximate surface area is 115 Å². The van der Waals surface area contributed by atoms with Gasteiger partial charge in [0.1, 0.15) is 5.75 Å². The molecule has 0 heterocycles. The van der Waals surface area contributed by atoms with Gasteiger partial charge in [-0.3, -0.25) is 4.79 Å². The molecule has 19 heavy (non-hydrogen) atoms. The van der Waals surface area contributed by atoms with Crippen LogP contribution in [0.1, 0.15) is 37.8 Å². The lowest BCUT2D eigenvalue weighted by Gasteiger charge is -2.13. The fourth-order valence-electron chi connectivity index (χ4n) is 1.81. The third kappa shape index (κ3) is 4.91. The molecule has 0 aliphatic carbocycles. The maximum absolute atomic E-state index is 11.2. The van der Waals surface area contributed by atoms with Crippen molar-refractivity contribution in [3.8, 4) is 5.75 Å². The van der Waals surface area contributed by atoms with Gasteiger partial charge in [0.05, 0.1) is 20.3 Å². The number of benzene rings is 1. The van der Waals surface area contributed by atoms with Crippen LogP contribution in [0.4, 0.5) is 0 Å². The van der Waals surface area contributed by atoms with Crippen molar-refractivity contribution in [1.29, 1.82) is 0 Å². The Bertz CT molecular complexity index is 416. The van der Waals surface area contributed by atoms with E-state index in [1.807, 2.05) is 6.07 Å². The monoisotopic (exact) mass is 265 g/mol. The molecule has 0 saturated heterocycles. The number of ether oxygens (including phenoxy) is 2. The zero-order valence-electron chi connectivity index (χ0n) is 12.2. The summed E-state index contributed by atoms with van der Waals surface area (Å²) in [4.78, 5) is 11.2. The van der Waals surface area contributed by atoms with Crippen molar-refractivity contribution in [3.63, 3.8) is 0 Å². The lowest BCUT2D eigenvalue weighted by molar-refractivity contribution is -0.142. The summed E-state index contributed by atoms with van der Waals surface area (Å²) in [7, 11) is 1.65. The van der Waals surface area contributed by atoms with Crippen molar-refractivity contribution in [2.24, 2.45) is 0 Å². The smallest absolute Gasteiger partial charge is 0.319 e. The van der Waals surface area contributed by atoms with E-state index in [0.29, 0.717) is 19.1 Å². The van der Waals surface area contributed by atoms with Crippen LogP contribution < -0.4 is 10.1 Å². The molecule has 1 rings (SSSR count). The minimum absolute atomic E-state index is 0.211. The number of carbonyl (C=O) groups is 1. The standard InChI is InChI=1S/C15H23NO3/c1-5-19-15(17)10-16-9-13-8-12(11(2)3)6-7-14(13)18-4/h6-8,11,16H,5,9-10H2,1-4H3. The van der Waals surface area contributed by atoms with E-state index in [2.05, 4.69) is 31.3 Å². The molecular formula is C15H23NO3. The summed E-state index contributed by atoms with van der Waals surface area (Å²) in [6.07, 6.45) is 0. The van der Waals surface area contributed by atoms with Crippen LogP contribution in [-0.2, 0) is 16.1 Å². The van der Waals surface area contributed by atoms with Crippen LogP contribution in [0.3, 0.4) is 0 Å². The summed E-state index contributed by atoms with van der Waals surface area (Å²) < 4.78 is 10.2. The fraction of sp³-hybridized carbons (Fsp3) is 0.533. The Morgan fingerprint density at radius 3 is 2.68 bits per heavy atom. The van der Waals surface area contributed by atoms with Gasteiger partial charge in [-0.05, 0) is 24.5 Å². The van der Waals surface area contributed by atoms with Gasteiger partial charge in [-0.2, -0.15) is 0 Å². The van der Waals surface area contributed by atoms with Crippen LogP contribution in [-0.4, -0.2) is 26.2 Å². The van der Waals surface area contributed by atoms with Gasteiger partial charge in [0.25, 0.3) is 0 Å². The first kappa shape index (κ1) is 15.5. The van der Waals surface area contributed by atoms with Crippen molar-refractivity contribution in [3.05, 3.63) is 29.3 Å². The van der Waals surface area contributed by atoms with Crippen LogP contribution in [0.2, 0.25) is 0 Å². The molecule has 4 heteroatoms. The first-order valence-corrected chi connectivity index (χ1v) is 6.61. The zero-order chi connectivity index (χ0) is 14.3. The Kier molecular flexibility index (Phi) is 6.36. The molecule has 0 amide bonds. The summed E-state index contributed by atoms with van der Waals surface area (Å²) >= 11 is 0. The van der Waals surface area contributed by atoms with Crippen LogP contribution in [0.5, 0.6) is 5.75 Å². The minimum Gasteiger partial charge on any atom is -0.496 e. The zero-order valence-corrected chi connectivity index (χ0v) is 12.2. The molecule has 0 aliphatic rings. The molecule has 0 fully saturated rings. The van der Waals surface area contributed by atoms with Crippen LogP contribution in [0.25, 0.3) is 0 Å². The van der Waals surface area contributed by atoms with E-state index < -0.39 is 0 Å². The molecule has 0 aliphatic heterocycles. The number of hydrogen-bond donors (Lipinski definition) is 1. The summed E-state index contributed by atoms with van der Waals surface area (Å²) in [5.74, 6) is 1.07. The third-order valence-corrected chi connectivity index (χ3v) is 2.86. The third-order valence-electron chi connectivity index (χ3n) is 2.86. The van der Waals surface area contributed by atoms with E-state index in [9.17, 15) is 4.79 Å². The van der Waals surface area contributed by atoms with Crippen molar-refractivity contribution in [1.82, 2.24) is 5.32 Å². The average molecular weight is 265 g/mol. The summed E-state index contributed by atoms with van der Waals surface area (Å²) in [5, 5.41) is 3.07. The van der Waals surface area contributed by atoms with Gasteiger partial charge in [-0.15, -0.1) is 0 Å². The predicted octanol–water partition coefficient (Wildman–Crippen LogP) is 2.47. The topological polar surface area (TPSA) is 47.6 Å². The molecular weight excluding hydrogens is 242 g/mol. The molecule has 0 radical (unpaired) electrons. The van der Waals surface area contributed by atoms with Gasteiger partial charge < -0.3 is 14.8 Å². The average Bonchev–Trinajstić information content (AvgIpc) is 2.38. The highest BCUT2D eigenvalue weighted by atomic mass is 16.5. The minimum atomic E-state index is -0.235. The lowest BCUT2D eigenvalue weighted by atomic mass is 10.0. The van der Waals surface area contributed by atoms with Gasteiger partial charge in [-0.25, -0.2) is 0 Å². The van der Waals surface area contributed by atoms with E-state index in [1.54, 1.807) is 14.0 Å². The highest BCUT2D eigenvalue weighted by molar-refractivity contribution is 5.71. The number of rotatable bonds is 7. The van der Waals surface area contributed by atoms with Crippen molar-refractivity contribution in [2.45, 2.75) is 33.2 Å². The first-order chi connectivity index (χ1) is 9.08. The van der Waals surface area contributed by atoms with Crippen LogP contribution >= 0.6 is 0 Å². The number of hydrogen-bond acceptors (Lipinski definition) is 4. The fourth-order valence-corrected chi connectivity index (χ4v) is 1.81. The molecule has 0 saturated carbocycles. The van der Waals surface area contributed by atoms with E-state index in [1.165, 1.54) is 5.56 Å². The Hall–Kier alpha value is -1.55. The summed E-state index contributed by atoms with van der Waals surface area (Å²) in [6.45, 7) is 7.31. The highest BCUT2D eigenvalue weighted by Crippen LogP contribution is 2.23. The van der Waals surface area contributed by atoms with Crippen LogP contribution in [0.15, 0.2) is 18.2 Å². The van der Waals surface area contributed by atoms with Crippen molar-refractivity contribution >= 4 is 5.97 Å². The van der Waals surface area contributed by atoms with E-state index in [0.717, 1.165) is 11.3 Å². The maximum atomic E-state index is 11.2. The van der Waals surface area contributed by atoms with Crippen molar-refractivity contribution in [2.75, 3.05) is 20.3 Å². The molecule has 0 spiro atoms. The van der Waals surface area contributed by atoms with E-state index in [-0.39, 0.29) is 12.5 Å². The van der Waals surface area contributed by atoms with E-state index >= 15 is 0 Å². The Morgan fingerprint density at radius 2 is 2.11 bits per heavy atom. The highest BCUT2D eigenvalue weighted by Gasteiger charge is 2.08. The number of esters is 1. The molecule has 0 unspecified atom stereocenters. The van der Waals surface area contributed by atoms with Gasteiger partial charge in [0, 0.05) is 12.1 Å². The maximum Gasteiger partial charge on any atom is 0.319 e. The van der Waals surface area contributed by atoms with Gasteiger partial charge >= 0.3 is 5.97 Å². The molecule has 106 valence electrons. The second kappa shape index (κ2) is 7.79. The predicted molar refractivity (Wildman–Crippen MR) is 75.4 cm³/mol. The van der Waals surface area contributed by atoms with Gasteiger partial charge in [-0.1, -0.05) is 26.0 Å². The summed E-state index contributed by atoms with van der Waals surface area (Å²) in [6, 6.07) is 6.15. The Morgan fingerprint density at radius 1 is 1.37 bits per heavy atom. The molecule has 4 nitrogen and oxygen atoms in total. The lowest BCUT2D eigenvalue weighted by Crippen LogP contribution is -2.24. The molecule has 1 aromatic rings. The molecule has 0 bridgehead atoms. The van der Waals surface area contributed by atoms with Gasteiger partial charge in [0.15, 0.2) is 0 Å². The number of nitrogens with one attached hydrogen (secondary N) is 1. The normalized spacial score (nSPS) is 10.6. The molecule has 0 aromatic heterocycles. The SMILES string of the molecule is CCOC(=O)CNCc1cc(C(C)C)ccc1OC. The number of carbonyl (C=O) groups excluding carboxylic acids is 1. The van der Waals surface area contributed by atoms with E-state index in [4.69, 9.17) is 9.47 Å². The summed E-state index contributed by atoms with van der Waals surface area (Å²) in [5.41, 5.74) is 2.31. The first-order valence-electron chi connectivity index (χ1n) is 6.61. The van der Waals surface area contributed by atoms with Crippen LogP contribution in [0, 0.1) is 0 Å². The second-order valence-corrected chi connectivity index (χ2v) is 4.63. The molecule has 0 atom stereocenters. The largest absolute Gasteiger partial charge is 0.496 e. The van der Waals surface area contributed by atoms with Gasteiger partial charge in [0.2, 0.25) is 0 Å². The molecule has 1 aromatic carbocycles. The second-order valence-electron chi connectivity index (χ2n) is 4.63. The Balaban J connectivity index is 2.65. The molecule has 1 N–H and O–H groups in total. The van der Waals surface area contributed by atoms with Crippen molar-refractivity contribution < 1.29 is 14.3 Å². The quantitative estimate of drug-likeness (QED) is 0.769.